The average molecular weight is 257 g/mol. The van der Waals surface area contributed by atoms with Gasteiger partial charge in [0.25, 0.3) is 0 Å². The first-order chi connectivity index (χ1) is 9.27. The van der Waals surface area contributed by atoms with E-state index in [4.69, 9.17) is 5.73 Å². The number of allylic oxidation sites excluding steroid dienone is 2. The van der Waals surface area contributed by atoms with Crippen LogP contribution in [0.15, 0.2) is 42.0 Å². The summed E-state index contributed by atoms with van der Waals surface area (Å²) in [6.45, 7) is 0. The molecule has 0 amide bonds. The van der Waals surface area contributed by atoms with E-state index in [1.807, 2.05) is 30.3 Å². The molecular formula is C17H23NO. The van der Waals surface area contributed by atoms with Crippen LogP contribution in [-0.2, 0) is 4.79 Å². The largest absolute Gasteiger partial charge is 0.324 e. The molecule has 1 aliphatic carbocycles. The molecule has 2 heteroatoms. The lowest BCUT2D eigenvalue weighted by molar-refractivity contribution is -0.116. The van der Waals surface area contributed by atoms with Crippen molar-refractivity contribution in [1.29, 1.82) is 0 Å². The Balaban J connectivity index is 1.96. The fraction of sp³-hybridized carbons (Fsp3) is 0.471. The van der Waals surface area contributed by atoms with Crippen LogP contribution in [0.3, 0.4) is 0 Å². The summed E-state index contributed by atoms with van der Waals surface area (Å²) in [5, 5.41) is 0. The van der Waals surface area contributed by atoms with Crippen molar-refractivity contribution in [3.63, 3.8) is 0 Å². The van der Waals surface area contributed by atoms with Crippen LogP contribution in [0.4, 0.5) is 0 Å². The summed E-state index contributed by atoms with van der Waals surface area (Å²) < 4.78 is 0. The van der Waals surface area contributed by atoms with Gasteiger partial charge < -0.3 is 5.73 Å². The molecule has 2 rings (SSSR count). The minimum absolute atomic E-state index is 0.181. The van der Waals surface area contributed by atoms with Crippen LogP contribution < -0.4 is 5.73 Å². The Morgan fingerprint density at radius 2 is 1.84 bits per heavy atom. The van der Waals surface area contributed by atoms with Gasteiger partial charge in [-0.05, 0) is 36.8 Å². The van der Waals surface area contributed by atoms with E-state index >= 15 is 0 Å². The Kier molecular flexibility index (Phi) is 5.34. The molecule has 102 valence electrons. The van der Waals surface area contributed by atoms with Crippen LogP contribution in [0.25, 0.3) is 0 Å². The lowest BCUT2D eigenvalue weighted by Crippen LogP contribution is -2.17. The fourth-order valence-electron chi connectivity index (χ4n) is 2.59. The van der Waals surface area contributed by atoms with Crippen molar-refractivity contribution in [2.75, 3.05) is 0 Å². The second kappa shape index (κ2) is 7.25. The lowest BCUT2D eigenvalue weighted by atomic mass is 9.93. The van der Waals surface area contributed by atoms with Crippen LogP contribution in [-0.4, -0.2) is 5.78 Å². The number of carbonyl (C=O) groups excluding carboxylic acids is 1. The summed E-state index contributed by atoms with van der Waals surface area (Å²) in [5.41, 5.74) is 8.17. The average Bonchev–Trinajstić information content (AvgIpc) is 2.39. The quantitative estimate of drug-likeness (QED) is 0.888. The highest BCUT2D eigenvalue weighted by molar-refractivity contribution is 5.95. The molecule has 2 N–H and O–H groups in total. The van der Waals surface area contributed by atoms with Crippen LogP contribution in [0.2, 0.25) is 0 Å². The Hall–Kier alpha value is -1.41. The zero-order chi connectivity index (χ0) is 13.5. The molecule has 0 saturated carbocycles. The molecule has 1 unspecified atom stereocenters. The molecule has 0 radical (unpaired) electrons. The van der Waals surface area contributed by atoms with Gasteiger partial charge in [-0.3, -0.25) is 4.79 Å². The van der Waals surface area contributed by atoms with E-state index in [9.17, 15) is 4.79 Å². The maximum absolute atomic E-state index is 12.3. The van der Waals surface area contributed by atoms with Crippen LogP contribution in [0.5, 0.6) is 0 Å². The summed E-state index contributed by atoms with van der Waals surface area (Å²) in [4.78, 5) is 12.3. The topological polar surface area (TPSA) is 43.1 Å². The third kappa shape index (κ3) is 4.32. The molecule has 0 fully saturated rings. The van der Waals surface area contributed by atoms with Crippen molar-refractivity contribution in [3.05, 3.63) is 47.5 Å². The van der Waals surface area contributed by atoms with Crippen LogP contribution >= 0.6 is 0 Å². The van der Waals surface area contributed by atoms with Gasteiger partial charge in [0.15, 0.2) is 5.78 Å². The smallest absolute Gasteiger partial charge is 0.160 e. The third-order valence-electron chi connectivity index (χ3n) is 3.78. The molecule has 1 atom stereocenters. The zero-order valence-electron chi connectivity index (χ0n) is 11.5. The number of nitrogens with two attached hydrogens (primary N) is 1. The first-order valence-corrected chi connectivity index (χ1v) is 7.30. The summed E-state index contributed by atoms with van der Waals surface area (Å²) in [7, 11) is 0. The van der Waals surface area contributed by atoms with Gasteiger partial charge in [-0.2, -0.15) is 0 Å². The van der Waals surface area contributed by atoms with Gasteiger partial charge in [0.2, 0.25) is 0 Å². The summed E-state index contributed by atoms with van der Waals surface area (Å²) >= 11 is 0. The van der Waals surface area contributed by atoms with Gasteiger partial charge in [0.1, 0.15) is 0 Å². The number of hydrogen-bond donors (Lipinski definition) is 1. The van der Waals surface area contributed by atoms with Gasteiger partial charge in [-0.1, -0.05) is 49.2 Å². The van der Waals surface area contributed by atoms with E-state index in [1.54, 1.807) is 0 Å². The van der Waals surface area contributed by atoms with E-state index < -0.39 is 0 Å². The van der Waals surface area contributed by atoms with Gasteiger partial charge >= 0.3 is 0 Å². The Morgan fingerprint density at radius 1 is 1.11 bits per heavy atom. The van der Waals surface area contributed by atoms with Crippen molar-refractivity contribution in [1.82, 2.24) is 0 Å². The Morgan fingerprint density at radius 3 is 2.63 bits per heavy atom. The molecule has 0 spiro atoms. The van der Waals surface area contributed by atoms with Gasteiger partial charge in [-0.25, -0.2) is 0 Å². The maximum atomic E-state index is 12.3. The lowest BCUT2D eigenvalue weighted by Gasteiger charge is -2.14. The van der Waals surface area contributed by atoms with Crippen LogP contribution in [0.1, 0.15) is 56.6 Å². The second-order valence-electron chi connectivity index (χ2n) is 5.33. The van der Waals surface area contributed by atoms with E-state index in [0.717, 1.165) is 30.4 Å². The maximum Gasteiger partial charge on any atom is 0.160 e. The highest BCUT2D eigenvalue weighted by Gasteiger charge is 2.15. The fourth-order valence-corrected chi connectivity index (χ4v) is 2.59. The first kappa shape index (κ1) is 14.0. The van der Waals surface area contributed by atoms with Crippen molar-refractivity contribution in [2.24, 2.45) is 5.73 Å². The molecule has 1 aliphatic rings. The molecule has 0 aliphatic heterocycles. The first-order valence-electron chi connectivity index (χ1n) is 7.30. The minimum atomic E-state index is -0.181. The van der Waals surface area contributed by atoms with Crippen molar-refractivity contribution >= 4 is 5.78 Å². The number of hydrogen-bond acceptors (Lipinski definition) is 2. The Bertz CT molecular complexity index is 436. The standard InChI is InChI=1S/C17H23NO/c18-16(14-9-7-4-8-10-14)13-17(19)15-11-5-2-1-3-6-12-15/h4,7-11,16H,1-3,5-6,12-13,18H2/b15-11+. The van der Waals surface area contributed by atoms with Crippen molar-refractivity contribution in [2.45, 2.75) is 51.0 Å². The minimum Gasteiger partial charge on any atom is -0.324 e. The second-order valence-corrected chi connectivity index (χ2v) is 5.33. The van der Waals surface area contributed by atoms with E-state index in [2.05, 4.69) is 6.08 Å². The molecule has 1 aromatic rings. The summed E-state index contributed by atoms with van der Waals surface area (Å²) in [6, 6.07) is 9.70. The van der Waals surface area contributed by atoms with Crippen molar-refractivity contribution < 1.29 is 4.79 Å². The number of Topliss-reactive ketones (excluding diaryl/α,β-unsaturated/α-hetero) is 1. The van der Waals surface area contributed by atoms with E-state index in [-0.39, 0.29) is 11.8 Å². The number of benzene rings is 1. The van der Waals surface area contributed by atoms with E-state index in [1.165, 1.54) is 19.3 Å². The van der Waals surface area contributed by atoms with Crippen LogP contribution in [0, 0.1) is 0 Å². The summed E-state index contributed by atoms with van der Waals surface area (Å²) in [5.74, 6) is 0.234. The number of ketones is 1. The molecule has 0 bridgehead atoms. The monoisotopic (exact) mass is 257 g/mol. The Labute approximate surface area is 115 Å². The van der Waals surface area contributed by atoms with Crippen molar-refractivity contribution in [3.8, 4) is 0 Å². The number of carbonyl (C=O) groups is 1. The normalized spacial score (nSPS) is 20.8. The molecule has 0 aromatic heterocycles. The number of rotatable bonds is 4. The molecule has 19 heavy (non-hydrogen) atoms. The molecular weight excluding hydrogens is 234 g/mol. The highest BCUT2D eigenvalue weighted by Crippen LogP contribution is 2.22. The summed E-state index contributed by atoms with van der Waals surface area (Å²) in [6.07, 6.45) is 9.42. The molecule has 2 nitrogen and oxygen atoms in total. The van der Waals surface area contributed by atoms with E-state index in [0.29, 0.717) is 6.42 Å². The van der Waals surface area contributed by atoms with Gasteiger partial charge in [0.05, 0.1) is 0 Å². The van der Waals surface area contributed by atoms with Gasteiger partial charge in [-0.15, -0.1) is 0 Å². The zero-order valence-corrected chi connectivity index (χ0v) is 11.5. The third-order valence-corrected chi connectivity index (χ3v) is 3.78. The van der Waals surface area contributed by atoms with Gasteiger partial charge in [0, 0.05) is 12.5 Å². The molecule has 1 aromatic carbocycles. The highest BCUT2D eigenvalue weighted by atomic mass is 16.1. The predicted molar refractivity (Wildman–Crippen MR) is 78.8 cm³/mol. The molecule has 0 heterocycles. The SMILES string of the molecule is NC(CC(=O)/C1=C/CCCCCC1)c1ccccc1. The predicted octanol–water partition coefficient (Wildman–Crippen LogP) is 3.93. The molecule has 0 saturated heterocycles.